The van der Waals surface area contributed by atoms with Crippen LogP contribution in [0.25, 0.3) is 0 Å². The number of hydrogen-bond acceptors (Lipinski definition) is 6. The van der Waals surface area contributed by atoms with Crippen LogP contribution >= 0.6 is 11.3 Å². The number of sulfonamides is 1. The Balaban J connectivity index is 1.86. The van der Waals surface area contributed by atoms with Gasteiger partial charge in [-0.1, -0.05) is 13.8 Å². The minimum atomic E-state index is -3.31. The van der Waals surface area contributed by atoms with Crippen LogP contribution in [0.1, 0.15) is 25.5 Å². The second-order valence-corrected chi connectivity index (χ2v) is 7.94. The lowest BCUT2D eigenvalue weighted by atomic mass is 10.2. The molecule has 0 spiro atoms. The van der Waals surface area contributed by atoms with Gasteiger partial charge in [-0.15, -0.1) is 11.3 Å². The van der Waals surface area contributed by atoms with Crippen LogP contribution in [-0.2, 0) is 10.0 Å². The minimum absolute atomic E-state index is 0.115. The topological polar surface area (TPSA) is 74.3 Å². The lowest BCUT2D eigenvalue weighted by Crippen LogP contribution is -2.45. The smallest absolute Gasteiger partial charge is 0.235 e. The molecule has 0 aliphatic carbocycles. The molecular weight excluding hydrogens is 296 g/mol. The van der Waals surface area contributed by atoms with Crippen molar-refractivity contribution in [2.75, 3.05) is 43.2 Å². The first-order valence-electron chi connectivity index (χ1n) is 6.85. The third kappa shape index (κ3) is 4.69. The van der Waals surface area contributed by atoms with E-state index >= 15 is 0 Å². The van der Waals surface area contributed by atoms with Crippen LogP contribution in [0.3, 0.4) is 0 Å². The van der Waals surface area contributed by atoms with Crippen molar-refractivity contribution in [2.45, 2.75) is 19.8 Å². The predicted molar refractivity (Wildman–Crippen MR) is 82.9 cm³/mol. The molecule has 2 rings (SSSR count). The summed E-state index contributed by atoms with van der Waals surface area (Å²) in [6.07, 6.45) is 0. The van der Waals surface area contributed by atoms with Gasteiger partial charge in [-0.25, -0.2) is 13.4 Å². The van der Waals surface area contributed by atoms with E-state index in [2.05, 4.69) is 19.9 Å². The van der Waals surface area contributed by atoms with Crippen molar-refractivity contribution in [1.82, 2.24) is 15.2 Å². The van der Waals surface area contributed by atoms with E-state index in [1.807, 2.05) is 19.2 Å². The van der Waals surface area contributed by atoms with E-state index in [-0.39, 0.29) is 5.75 Å². The highest BCUT2D eigenvalue weighted by molar-refractivity contribution is 7.92. The largest absolute Gasteiger partial charge is 0.314 e. The summed E-state index contributed by atoms with van der Waals surface area (Å²) in [4.78, 5) is 6.46. The molecule has 1 aliphatic heterocycles. The predicted octanol–water partition coefficient (Wildman–Crippen LogP) is 0.913. The summed E-state index contributed by atoms with van der Waals surface area (Å²) in [5.74, 6) is 0.425. The lowest BCUT2D eigenvalue weighted by molar-refractivity contribution is 0.254. The van der Waals surface area contributed by atoms with Crippen LogP contribution in [0.15, 0.2) is 5.38 Å². The zero-order chi connectivity index (χ0) is 14.6. The molecule has 0 bridgehead atoms. The molecule has 0 saturated carbocycles. The minimum Gasteiger partial charge on any atom is -0.314 e. The first-order chi connectivity index (χ1) is 9.46. The molecule has 1 aromatic heterocycles. The van der Waals surface area contributed by atoms with Gasteiger partial charge in [0.15, 0.2) is 5.13 Å². The summed E-state index contributed by atoms with van der Waals surface area (Å²) in [5, 5.41) is 5.62. The van der Waals surface area contributed by atoms with Crippen molar-refractivity contribution < 1.29 is 8.42 Å². The van der Waals surface area contributed by atoms with Crippen LogP contribution < -0.4 is 10.0 Å². The number of nitrogens with one attached hydrogen (secondary N) is 2. The molecule has 1 aromatic rings. The molecule has 6 nitrogen and oxygen atoms in total. The zero-order valence-corrected chi connectivity index (χ0v) is 13.6. The van der Waals surface area contributed by atoms with E-state index in [4.69, 9.17) is 0 Å². The SMILES string of the molecule is CC(C)c1csc(NS(=O)(=O)CCN2CCNCC2)n1. The van der Waals surface area contributed by atoms with Gasteiger partial charge in [0.1, 0.15) is 0 Å². The molecule has 20 heavy (non-hydrogen) atoms. The van der Waals surface area contributed by atoms with Crippen molar-refractivity contribution in [3.63, 3.8) is 0 Å². The summed E-state index contributed by atoms with van der Waals surface area (Å²) >= 11 is 1.34. The fourth-order valence-electron chi connectivity index (χ4n) is 1.97. The molecule has 8 heteroatoms. The van der Waals surface area contributed by atoms with Gasteiger partial charge in [0.25, 0.3) is 0 Å². The van der Waals surface area contributed by atoms with Crippen molar-refractivity contribution >= 4 is 26.5 Å². The fraction of sp³-hybridized carbons (Fsp3) is 0.750. The van der Waals surface area contributed by atoms with Gasteiger partial charge in [0.2, 0.25) is 10.0 Å². The first kappa shape index (κ1) is 15.7. The number of anilines is 1. The normalized spacial score (nSPS) is 17.6. The van der Waals surface area contributed by atoms with Crippen LogP contribution in [0, 0.1) is 0 Å². The summed E-state index contributed by atoms with van der Waals surface area (Å²) in [6.45, 7) is 8.32. The van der Waals surface area contributed by atoms with Gasteiger partial charge >= 0.3 is 0 Å². The molecule has 0 radical (unpaired) electrons. The Kier molecular flexibility index (Phi) is 5.36. The summed E-state index contributed by atoms with van der Waals surface area (Å²) in [7, 11) is -3.31. The van der Waals surface area contributed by atoms with Gasteiger partial charge in [-0.2, -0.15) is 0 Å². The van der Waals surface area contributed by atoms with Gasteiger partial charge < -0.3 is 5.32 Å². The van der Waals surface area contributed by atoms with Crippen LogP contribution in [0.4, 0.5) is 5.13 Å². The van der Waals surface area contributed by atoms with Crippen LogP contribution in [0.2, 0.25) is 0 Å². The maximum absolute atomic E-state index is 12.0. The van der Waals surface area contributed by atoms with Gasteiger partial charge in [0.05, 0.1) is 11.4 Å². The van der Waals surface area contributed by atoms with Gasteiger partial charge in [0, 0.05) is 38.1 Å². The summed E-state index contributed by atoms with van der Waals surface area (Å²) in [6, 6.07) is 0. The Morgan fingerprint density at radius 2 is 2.15 bits per heavy atom. The summed E-state index contributed by atoms with van der Waals surface area (Å²) in [5.41, 5.74) is 0.926. The average Bonchev–Trinajstić information content (AvgIpc) is 2.86. The molecule has 0 atom stereocenters. The quantitative estimate of drug-likeness (QED) is 0.816. The number of hydrogen-bond donors (Lipinski definition) is 2. The number of aromatic nitrogens is 1. The Labute approximate surface area is 124 Å². The van der Waals surface area contributed by atoms with E-state index in [9.17, 15) is 8.42 Å². The molecule has 0 unspecified atom stereocenters. The molecule has 2 N–H and O–H groups in total. The second kappa shape index (κ2) is 6.84. The molecular formula is C12H22N4O2S2. The van der Waals surface area contributed by atoms with Crippen molar-refractivity contribution in [3.05, 3.63) is 11.1 Å². The highest BCUT2D eigenvalue weighted by Crippen LogP contribution is 2.22. The van der Waals surface area contributed by atoms with E-state index < -0.39 is 10.0 Å². The third-order valence-electron chi connectivity index (χ3n) is 3.24. The number of thiazole rings is 1. The van der Waals surface area contributed by atoms with Gasteiger partial charge in [-0.3, -0.25) is 9.62 Å². The highest BCUT2D eigenvalue weighted by Gasteiger charge is 2.17. The first-order valence-corrected chi connectivity index (χ1v) is 9.38. The molecule has 1 aliphatic rings. The lowest BCUT2D eigenvalue weighted by Gasteiger charge is -2.26. The second-order valence-electron chi connectivity index (χ2n) is 5.24. The van der Waals surface area contributed by atoms with Crippen LogP contribution in [0.5, 0.6) is 0 Å². The maximum Gasteiger partial charge on any atom is 0.235 e. The molecule has 1 fully saturated rings. The number of rotatable bonds is 6. The maximum atomic E-state index is 12.0. The third-order valence-corrected chi connectivity index (χ3v) is 5.37. The van der Waals surface area contributed by atoms with E-state index in [0.717, 1.165) is 31.9 Å². The molecule has 2 heterocycles. The van der Waals surface area contributed by atoms with Crippen molar-refractivity contribution in [3.8, 4) is 0 Å². The standard InChI is InChI=1S/C12H22N4O2S2/c1-10(2)11-9-19-12(14-11)15-20(17,18)8-7-16-5-3-13-4-6-16/h9-10,13H,3-8H2,1-2H3,(H,14,15). The Morgan fingerprint density at radius 1 is 1.45 bits per heavy atom. The van der Waals surface area contributed by atoms with Crippen molar-refractivity contribution in [2.24, 2.45) is 0 Å². The highest BCUT2D eigenvalue weighted by atomic mass is 32.2. The van der Waals surface area contributed by atoms with E-state index in [0.29, 0.717) is 17.6 Å². The molecule has 1 saturated heterocycles. The molecule has 0 amide bonds. The van der Waals surface area contributed by atoms with Gasteiger partial charge in [-0.05, 0) is 5.92 Å². The molecule has 0 aromatic carbocycles. The van der Waals surface area contributed by atoms with E-state index in [1.165, 1.54) is 11.3 Å². The Hall–Kier alpha value is -0.700. The average molecular weight is 318 g/mol. The van der Waals surface area contributed by atoms with E-state index in [1.54, 1.807) is 0 Å². The number of piperazine rings is 1. The molecule has 114 valence electrons. The Bertz CT molecular complexity index is 521. The number of nitrogens with zero attached hydrogens (tertiary/aromatic N) is 2. The monoisotopic (exact) mass is 318 g/mol. The fourth-order valence-corrected chi connectivity index (χ4v) is 4.17. The van der Waals surface area contributed by atoms with Crippen molar-refractivity contribution in [1.29, 1.82) is 0 Å². The summed E-state index contributed by atoms with van der Waals surface area (Å²) < 4.78 is 26.6. The Morgan fingerprint density at radius 3 is 2.75 bits per heavy atom. The van der Waals surface area contributed by atoms with Crippen LogP contribution in [-0.4, -0.2) is 56.8 Å². The zero-order valence-electron chi connectivity index (χ0n) is 11.9.